The molecule has 0 aromatic carbocycles. The lowest BCUT2D eigenvalue weighted by Gasteiger charge is -2.28. The second kappa shape index (κ2) is 4.93. The van der Waals surface area contributed by atoms with E-state index < -0.39 is 0 Å². The van der Waals surface area contributed by atoms with E-state index in [2.05, 4.69) is 24.9 Å². The predicted molar refractivity (Wildman–Crippen MR) is 64.2 cm³/mol. The van der Waals surface area contributed by atoms with Gasteiger partial charge in [-0.05, 0) is 43.7 Å². The lowest BCUT2D eigenvalue weighted by atomic mass is 9.88. The molecule has 1 aromatic rings. The molecule has 2 heterocycles. The van der Waals surface area contributed by atoms with Crippen LogP contribution in [0.5, 0.6) is 0 Å². The van der Waals surface area contributed by atoms with Crippen LogP contribution in [0.25, 0.3) is 0 Å². The zero-order chi connectivity index (χ0) is 11.5. The minimum Gasteiger partial charge on any atom is -0.381 e. The van der Waals surface area contributed by atoms with Gasteiger partial charge in [0.2, 0.25) is 0 Å². The van der Waals surface area contributed by atoms with Gasteiger partial charge in [0.15, 0.2) is 0 Å². The molecule has 3 heteroatoms. The van der Waals surface area contributed by atoms with Crippen molar-refractivity contribution < 1.29 is 4.74 Å². The molecule has 1 aromatic heterocycles. The highest BCUT2D eigenvalue weighted by Gasteiger charge is 2.24. The number of nitrogens with zero attached hydrogens (tertiary/aromatic N) is 1. The molecule has 0 amide bonds. The summed E-state index contributed by atoms with van der Waals surface area (Å²) in [4.78, 5) is 4.49. The molecule has 0 aliphatic carbocycles. The van der Waals surface area contributed by atoms with Crippen molar-refractivity contribution in [1.82, 2.24) is 4.98 Å². The molecule has 1 fully saturated rings. The first-order valence-corrected chi connectivity index (χ1v) is 5.95. The lowest BCUT2D eigenvalue weighted by Crippen LogP contribution is -2.28. The van der Waals surface area contributed by atoms with Crippen LogP contribution in [0, 0.1) is 19.8 Å². The largest absolute Gasteiger partial charge is 0.381 e. The molecule has 2 rings (SSSR count). The summed E-state index contributed by atoms with van der Waals surface area (Å²) in [5.74, 6) is 0.516. The Balaban J connectivity index is 2.15. The Kier molecular flexibility index (Phi) is 3.56. The molecule has 1 aliphatic heterocycles. The molecule has 1 atom stereocenters. The molecule has 1 unspecified atom stereocenters. The van der Waals surface area contributed by atoms with Crippen LogP contribution in [0.1, 0.15) is 35.7 Å². The maximum Gasteiger partial charge on any atom is 0.0603 e. The highest BCUT2D eigenvalue weighted by atomic mass is 16.5. The van der Waals surface area contributed by atoms with Crippen molar-refractivity contribution in [3.8, 4) is 0 Å². The summed E-state index contributed by atoms with van der Waals surface area (Å²) in [7, 11) is 0. The van der Waals surface area contributed by atoms with Gasteiger partial charge < -0.3 is 10.5 Å². The molecular formula is C13H20N2O. The summed E-state index contributed by atoms with van der Waals surface area (Å²) in [5.41, 5.74) is 9.76. The third-order valence-corrected chi connectivity index (χ3v) is 3.35. The fourth-order valence-corrected chi connectivity index (χ4v) is 2.37. The first-order chi connectivity index (χ1) is 7.68. The molecular weight excluding hydrogens is 200 g/mol. The molecule has 2 N–H and O–H groups in total. The van der Waals surface area contributed by atoms with E-state index >= 15 is 0 Å². The minimum atomic E-state index is 0.0597. The summed E-state index contributed by atoms with van der Waals surface area (Å²) in [6, 6.07) is 2.21. The first kappa shape index (κ1) is 11.6. The van der Waals surface area contributed by atoms with Crippen molar-refractivity contribution in [3.05, 3.63) is 29.1 Å². The monoisotopic (exact) mass is 220 g/mol. The smallest absolute Gasteiger partial charge is 0.0603 e. The van der Waals surface area contributed by atoms with Crippen LogP contribution in [-0.2, 0) is 4.74 Å². The van der Waals surface area contributed by atoms with Gasteiger partial charge in [-0.3, -0.25) is 4.98 Å². The van der Waals surface area contributed by atoms with Gasteiger partial charge >= 0.3 is 0 Å². The minimum absolute atomic E-state index is 0.0597. The number of aryl methyl sites for hydroxylation is 2. The van der Waals surface area contributed by atoms with Crippen molar-refractivity contribution >= 4 is 0 Å². The highest BCUT2D eigenvalue weighted by molar-refractivity contribution is 5.25. The number of pyridine rings is 1. The van der Waals surface area contributed by atoms with Gasteiger partial charge in [0.05, 0.1) is 11.7 Å². The molecule has 0 saturated carbocycles. The third-order valence-electron chi connectivity index (χ3n) is 3.35. The van der Waals surface area contributed by atoms with Crippen molar-refractivity contribution in [1.29, 1.82) is 0 Å². The van der Waals surface area contributed by atoms with Crippen LogP contribution in [0.2, 0.25) is 0 Å². The topological polar surface area (TPSA) is 48.1 Å². The predicted octanol–water partition coefficient (Wildman–Crippen LogP) is 2.12. The third kappa shape index (κ3) is 2.42. The molecule has 0 radical (unpaired) electrons. The second-order valence-corrected chi connectivity index (χ2v) is 4.69. The number of aromatic nitrogens is 1. The highest BCUT2D eigenvalue weighted by Crippen LogP contribution is 2.28. The summed E-state index contributed by atoms with van der Waals surface area (Å²) >= 11 is 0. The number of ether oxygens (including phenoxy) is 1. The van der Waals surface area contributed by atoms with Crippen molar-refractivity contribution in [3.63, 3.8) is 0 Å². The van der Waals surface area contributed by atoms with E-state index in [0.717, 1.165) is 31.7 Å². The SMILES string of the molecule is Cc1cnc(C(N)C2CCOCC2)c(C)c1. The Morgan fingerprint density at radius 2 is 2.06 bits per heavy atom. The lowest BCUT2D eigenvalue weighted by molar-refractivity contribution is 0.0578. The molecule has 1 saturated heterocycles. The van der Waals surface area contributed by atoms with Crippen molar-refractivity contribution in [2.45, 2.75) is 32.7 Å². The van der Waals surface area contributed by atoms with Gasteiger partial charge in [-0.15, -0.1) is 0 Å². The van der Waals surface area contributed by atoms with E-state index in [1.165, 1.54) is 11.1 Å². The molecule has 88 valence electrons. The van der Waals surface area contributed by atoms with E-state index in [9.17, 15) is 0 Å². The molecule has 16 heavy (non-hydrogen) atoms. The summed E-state index contributed by atoms with van der Waals surface area (Å²) in [6.45, 7) is 5.82. The summed E-state index contributed by atoms with van der Waals surface area (Å²) in [6.07, 6.45) is 4.01. The molecule has 1 aliphatic rings. The van der Waals surface area contributed by atoms with E-state index in [0.29, 0.717) is 5.92 Å². The maximum atomic E-state index is 6.30. The normalized spacial score (nSPS) is 19.7. The Bertz CT molecular complexity index is 359. The van der Waals surface area contributed by atoms with Gasteiger partial charge in [-0.25, -0.2) is 0 Å². The quantitative estimate of drug-likeness (QED) is 0.830. The van der Waals surface area contributed by atoms with Crippen LogP contribution >= 0.6 is 0 Å². The first-order valence-electron chi connectivity index (χ1n) is 5.95. The van der Waals surface area contributed by atoms with Gasteiger partial charge in [-0.2, -0.15) is 0 Å². The number of nitrogens with two attached hydrogens (primary N) is 1. The van der Waals surface area contributed by atoms with Gasteiger partial charge in [0, 0.05) is 19.4 Å². The average molecular weight is 220 g/mol. The molecule has 0 bridgehead atoms. The Labute approximate surface area is 97.0 Å². The van der Waals surface area contributed by atoms with E-state index in [4.69, 9.17) is 10.5 Å². The summed E-state index contributed by atoms with van der Waals surface area (Å²) < 4.78 is 5.36. The van der Waals surface area contributed by atoms with Crippen LogP contribution in [0.4, 0.5) is 0 Å². The van der Waals surface area contributed by atoms with E-state index in [-0.39, 0.29) is 6.04 Å². The van der Waals surface area contributed by atoms with Crippen molar-refractivity contribution in [2.75, 3.05) is 13.2 Å². The van der Waals surface area contributed by atoms with E-state index in [1.807, 2.05) is 6.20 Å². The van der Waals surface area contributed by atoms with Crippen LogP contribution < -0.4 is 5.73 Å². The number of rotatable bonds is 2. The van der Waals surface area contributed by atoms with Crippen LogP contribution in [-0.4, -0.2) is 18.2 Å². The fourth-order valence-electron chi connectivity index (χ4n) is 2.37. The standard InChI is InChI=1S/C13H20N2O/c1-9-7-10(2)13(15-8-9)12(14)11-3-5-16-6-4-11/h7-8,11-12H,3-6,14H2,1-2H3. The maximum absolute atomic E-state index is 6.30. The van der Waals surface area contributed by atoms with E-state index in [1.54, 1.807) is 0 Å². The summed E-state index contributed by atoms with van der Waals surface area (Å²) in [5, 5.41) is 0. The Hall–Kier alpha value is -0.930. The van der Waals surface area contributed by atoms with Crippen LogP contribution in [0.15, 0.2) is 12.3 Å². The zero-order valence-electron chi connectivity index (χ0n) is 10.1. The van der Waals surface area contributed by atoms with Crippen LogP contribution in [0.3, 0.4) is 0 Å². The molecule has 0 spiro atoms. The van der Waals surface area contributed by atoms with Gasteiger partial charge in [0.1, 0.15) is 0 Å². The second-order valence-electron chi connectivity index (χ2n) is 4.69. The molecule has 3 nitrogen and oxygen atoms in total. The number of hydrogen-bond donors (Lipinski definition) is 1. The average Bonchev–Trinajstić information content (AvgIpc) is 2.29. The zero-order valence-corrected chi connectivity index (χ0v) is 10.1. The number of hydrogen-bond acceptors (Lipinski definition) is 3. The Morgan fingerprint density at radius 1 is 1.38 bits per heavy atom. The van der Waals surface area contributed by atoms with Gasteiger partial charge in [-0.1, -0.05) is 6.07 Å². The van der Waals surface area contributed by atoms with Gasteiger partial charge in [0.25, 0.3) is 0 Å². The van der Waals surface area contributed by atoms with Crippen molar-refractivity contribution in [2.24, 2.45) is 11.7 Å². The Morgan fingerprint density at radius 3 is 2.69 bits per heavy atom. The fraction of sp³-hybridized carbons (Fsp3) is 0.615.